The average Bonchev–Trinajstić information content (AvgIpc) is 4.06. The van der Waals surface area contributed by atoms with E-state index in [9.17, 15) is 0 Å². The molecule has 8 aromatic rings. The maximum absolute atomic E-state index is 7.32. The van der Waals surface area contributed by atoms with Crippen molar-refractivity contribution < 1.29 is 4.42 Å². The molecule has 0 radical (unpaired) electrons. The van der Waals surface area contributed by atoms with E-state index in [1.165, 1.54) is 100 Å². The molecule has 64 heavy (non-hydrogen) atoms. The van der Waals surface area contributed by atoms with Crippen molar-refractivity contribution in [2.75, 3.05) is 4.90 Å². The summed E-state index contributed by atoms with van der Waals surface area (Å²) in [6, 6.07) is 49.3. The second-order valence-corrected chi connectivity index (χ2v) is 18.0. The topological polar surface area (TPSA) is 21.3 Å². The number of hydrogen-bond acceptors (Lipinski definition) is 2. The molecule has 1 spiro atoms. The molecule has 308 valence electrons. The molecule has 1 unspecified atom stereocenters. The van der Waals surface area contributed by atoms with E-state index in [-0.39, 0.29) is 0 Å². The van der Waals surface area contributed by atoms with Gasteiger partial charge in [0.05, 0.1) is 27.7 Å². The highest BCUT2D eigenvalue weighted by molar-refractivity contribution is 6.19. The fourth-order valence-corrected chi connectivity index (χ4v) is 12.2. The summed E-state index contributed by atoms with van der Waals surface area (Å²) in [4.78, 5) is 2.64. The van der Waals surface area contributed by atoms with Crippen molar-refractivity contribution in [2.45, 2.75) is 57.8 Å². The molecular weight excluding hydrogens is 777 g/mol. The van der Waals surface area contributed by atoms with Crippen LogP contribution >= 0.6 is 0 Å². The van der Waals surface area contributed by atoms with Gasteiger partial charge < -0.3 is 13.9 Å². The minimum absolute atomic E-state index is 0.447. The van der Waals surface area contributed by atoms with Gasteiger partial charge in [-0.3, -0.25) is 0 Å². The van der Waals surface area contributed by atoms with Gasteiger partial charge in [-0.2, -0.15) is 0 Å². The number of aromatic nitrogens is 1. The highest BCUT2D eigenvalue weighted by Crippen LogP contribution is 2.66. The SMILES string of the molecule is C/C=C\c1c(C)c2c(N(C3=CC=C(c4ccccc4)CC3)c3cc4c(c5oc6ccccc6c35)C3=C(C=CCC3)C43C4=C(CCC=C4)c4ccccc43)cccc2n1-c1ccccc1. The van der Waals surface area contributed by atoms with Crippen LogP contribution in [0.2, 0.25) is 0 Å². The zero-order valence-corrected chi connectivity index (χ0v) is 36.4. The number of para-hydroxylation sites is 2. The molecule has 3 nitrogen and oxygen atoms in total. The van der Waals surface area contributed by atoms with Crippen LogP contribution in [0, 0.1) is 6.92 Å². The number of hydrogen-bond donors (Lipinski definition) is 0. The molecule has 0 bridgehead atoms. The summed E-state index contributed by atoms with van der Waals surface area (Å²) in [7, 11) is 0. The molecule has 5 aliphatic rings. The van der Waals surface area contributed by atoms with E-state index in [1.54, 1.807) is 0 Å². The molecule has 0 saturated heterocycles. The fourth-order valence-electron chi connectivity index (χ4n) is 12.2. The van der Waals surface area contributed by atoms with Gasteiger partial charge in [-0.15, -0.1) is 0 Å². The maximum atomic E-state index is 7.32. The highest BCUT2D eigenvalue weighted by atomic mass is 16.3. The first-order chi connectivity index (χ1) is 31.7. The monoisotopic (exact) mass is 824 g/mol. The third-order valence-corrected chi connectivity index (χ3v) is 14.8. The van der Waals surface area contributed by atoms with Crippen LogP contribution < -0.4 is 4.90 Å². The minimum Gasteiger partial charge on any atom is -0.455 e. The quantitative estimate of drug-likeness (QED) is 0.167. The van der Waals surface area contributed by atoms with Crippen molar-refractivity contribution in [1.82, 2.24) is 4.57 Å². The van der Waals surface area contributed by atoms with Gasteiger partial charge in [0.1, 0.15) is 11.2 Å². The second-order valence-electron chi connectivity index (χ2n) is 18.0. The van der Waals surface area contributed by atoms with Crippen molar-refractivity contribution in [3.8, 4) is 5.69 Å². The van der Waals surface area contributed by atoms with Crippen LogP contribution in [0.4, 0.5) is 11.4 Å². The number of benzene rings is 6. The van der Waals surface area contributed by atoms with E-state index in [1.807, 2.05) is 0 Å². The first-order valence-corrected chi connectivity index (χ1v) is 23.1. The van der Waals surface area contributed by atoms with Crippen molar-refractivity contribution in [1.29, 1.82) is 0 Å². The van der Waals surface area contributed by atoms with E-state index in [0.29, 0.717) is 0 Å². The Bertz CT molecular complexity index is 3500. The van der Waals surface area contributed by atoms with Gasteiger partial charge in [0, 0.05) is 33.4 Å². The summed E-state index contributed by atoms with van der Waals surface area (Å²) in [6.45, 7) is 4.43. The molecule has 0 saturated carbocycles. The number of allylic oxidation sites excluding steroid dienone is 13. The molecule has 0 amide bonds. The van der Waals surface area contributed by atoms with Crippen LogP contribution in [-0.2, 0) is 5.41 Å². The van der Waals surface area contributed by atoms with Crippen molar-refractivity contribution >= 4 is 67.0 Å². The molecule has 3 heteroatoms. The zero-order chi connectivity index (χ0) is 42.5. The van der Waals surface area contributed by atoms with Gasteiger partial charge in [0.15, 0.2) is 0 Å². The average molecular weight is 825 g/mol. The van der Waals surface area contributed by atoms with Crippen LogP contribution in [0.5, 0.6) is 0 Å². The summed E-state index contributed by atoms with van der Waals surface area (Å²) in [5, 5.41) is 3.58. The molecule has 0 fully saturated rings. The van der Waals surface area contributed by atoms with Gasteiger partial charge >= 0.3 is 0 Å². The number of furan rings is 1. The Kier molecular flexibility index (Phi) is 8.34. The van der Waals surface area contributed by atoms with Gasteiger partial charge in [-0.1, -0.05) is 134 Å². The summed E-state index contributed by atoms with van der Waals surface area (Å²) < 4.78 is 9.76. The first-order valence-electron chi connectivity index (χ1n) is 23.1. The van der Waals surface area contributed by atoms with Crippen molar-refractivity contribution in [3.05, 3.63) is 232 Å². The molecule has 0 N–H and O–H groups in total. The smallest absolute Gasteiger partial charge is 0.145 e. The van der Waals surface area contributed by atoms with E-state index < -0.39 is 5.41 Å². The summed E-state index contributed by atoms with van der Waals surface area (Å²) in [5.41, 5.74) is 23.8. The normalized spacial score (nSPS) is 18.7. The van der Waals surface area contributed by atoms with Gasteiger partial charge in [-0.05, 0) is 157 Å². The zero-order valence-electron chi connectivity index (χ0n) is 36.4. The van der Waals surface area contributed by atoms with Gasteiger partial charge in [0.2, 0.25) is 0 Å². The minimum atomic E-state index is -0.447. The molecule has 5 aliphatic carbocycles. The van der Waals surface area contributed by atoms with Crippen LogP contribution in [-0.4, -0.2) is 4.57 Å². The third-order valence-electron chi connectivity index (χ3n) is 14.8. The first kappa shape index (κ1) is 37.2. The fraction of sp³-hybridized carbons (Fsp3) is 0.148. The summed E-state index contributed by atoms with van der Waals surface area (Å²) in [5.74, 6) is 0. The highest BCUT2D eigenvalue weighted by Gasteiger charge is 2.54. The van der Waals surface area contributed by atoms with Crippen LogP contribution in [0.25, 0.3) is 61.3 Å². The number of rotatable bonds is 6. The van der Waals surface area contributed by atoms with Crippen LogP contribution in [0.3, 0.4) is 0 Å². The Morgan fingerprint density at radius 3 is 2.19 bits per heavy atom. The van der Waals surface area contributed by atoms with Crippen LogP contribution in [0.15, 0.2) is 197 Å². The maximum Gasteiger partial charge on any atom is 0.145 e. The molecule has 2 heterocycles. The Hall–Kier alpha value is -7.36. The Morgan fingerprint density at radius 1 is 0.656 bits per heavy atom. The van der Waals surface area contributed by atoms with E-state index in [0.717, 1.165) is 60.8 Å². The Balaban J connectivity index is 1.17. The lowest BCUT2D eigenvalue weighted by Crippen LogP contribution is -2.29. The number of fused-ring (bicyclic) bond motifs is 13. The molecule has 1 atom stereocenters. The Morgan fingerprint density at radius 2 is 1.39 bits per heavy atom. The standard InChI is InChI=1S/C61H48N2O/c1-3-19-52-39(2)57-53(62(52)42-22-8-5-9-23-42)31-18-32-54(57)63(43-36-34-41(35-37-43)40-20-6-4-7-21-40)55-38-51-58(60-59(55)47-27-13-17-33-56(47)64-60)46-26-12-16-30-50(46)61(51)48-28-14-10-24-44(48)45-25-11-15-29-49(45)61/h3-10,13-24,27-34,36,38H,11-12,25-26,35,37H2,1-2H3/b19-3-. The predicted octanol–water partition coefficient (Wildman–Crippen LogP) is 16.3. The number of anilines is 2. The van der Waals surface area contributed by atoms with Crippen LogP contribution in [0.1, 0.15) is 84.5 Å². The van der Waals surface area contributed by atoms with Crippen molar-refractivity contribution in [3.63, 3.8) is 0 Å². The Labute approximate surface area is 374 Å². The molecule has 0 aliphatic heterocycles. The largest absolute Gasteiger partial charge is 0.455 e. The van der Waals surface area contributed by atoms with E-state index in [4.69, 9.17) is 4.42 Å². The lowest BCUT2D eigenvalue weighted by atomic mass is 9.67. The lowest BCUT2D eigenvalue weighted by molar-refractivity contribution is 0.665. The molecule has 6 aromatic carbocycles. The van der Waals surface area contributed by atoms with E-state index >= 15 is 0 Å². The predicted molar refractivity (Wildman–Crippen MR) is 268 cm³/mol. The summed E-state index contributed by atoms with van der Waals surface area (Å²) in [6.07, 6.45) is 24.9. The van der Waals surface area contributed by atoms with Gasteiger partial charge in [-0.25, -0.2) is 0 Å². The molecule has 13 rings (SSSR count). The molecular formula is C61H48N2O. The number of aryl methyl sites for hydroxylation is 1. The third kappa shape index (κ3) is 5.10. The van der Waals surface area contributed by atoms with Gasteiger partial charge in [0.25, 0.3) is 0 Å². The second kappa shape index (κ2) is 14.3. The van der Waals surface area contributed by atoms with Crippen molar-refractivity contribution in [2.24, 2.45) is 0 Å². The lowest BCUT2D eigenvalue weighted by Gasteiger charge is -2.36. The number of nitrogens with zero attached hydrogens (tertiary/aromatic N) is 2. The van der Waals surface area contributed by atoms with E-state index in [2.05, 4.69) is 205 Å². The molecule has 2 aromatic heterocycles. The summed E-state index contributed by atoms with van der Waals surface area (Å²) >= 11 is 0.